The predicted molar refractivity (Wildman–Crippen MR) is 76.3 cm³/mol. The van der Waals surface area contributed by atoms with Crippen LogP contribution in [0, 0.1) is 0 Å². The molecule has 0 aliphatic rings. The van der Waals surface area contributed by atoms with Crippen molar-refractivity contribution in [2.45, 2.75) is 30.0 Å². The second-order valence-corrected chi connectivity index (χ2v) is 6.18. The van der Waals surface area contributed by atoms with Crippen LogP contribution in [0.3, 0.4) is 0 Å². The molecule has 2 amide bonds. The number of rotatable bonds is 5. The first-order chi connectivity index (χ1) is 8.40. The molecule has 1 aromatic carbocycles. The minimum Gasteiger partial charge on any atom is -0.368 e. The number of nitrogens with two attached hydrogens (primary N) is 1. The summed E-state index contributed by atoms with van der Waals surface area (Å²) < 4.78 is 0.992. The highest BCUT2D eigenvalue weighted by Crippen LogP contribution is 2.24. The number of primary amides is 1. The van der Waals surface area contributed by atoms with Crippen LogP contribution in [0.1, 0.15) is 13.8 Å². The summed E-state index contributed by atoms with van der Waals surface area (Å²) >= 11 is 4.78. The molecule has 2 atom stereocenters. The number of hydrogen-bond acceptors (Lipinski definition) is 3. The lowest BCUT2D eigenvalue weighted by Gasteiger charge is -2.15. The van der Waals surface area contributed by atoms with Gasteiger partial charge in [0.2, 0.25) is 11.8 Å². The quantitative estimate of drug-likeness (QED) is 0.810. The number of hydrogen-bond donors (Lipinski definition) is 2. The van der Waals surface area contributed by atoms with Gasteiger partial charge in [0.25, 0.3) is 0 Å². The number of benzene rings is 1. The average Bonchev–Trinajstić information content (AvgIpc) is 2.31. The molecule has 0 aromatic heterocycles. The van der Waals surface area contributed by atoms with E-state index in [0.717, 1.165) is 9.37 Å². The Kier molecular flexibility index (Phi) is 5.68. The highest BCUT2D eigenvalue weighted by Gasteiger charge is 2.18. The minimum atomic E-state index is -0.648. The Balaban J connectivity index is 2.54. The molecular formula is C12H15BrN2O2S. The summed E-state index contributed by atoms with van der Waals surface area (Å²) in [6.07, 6.45) is 0. The van der Waals surface area contributed by atoms with Gasteiger partial charge in [-0.1, -0.05) is 15.9 Å². The maximum Gasteiger partial charge on any atom is 0.239 e. The summed E-state index contributed by atoms with van der Waals surface area (Å²) in [6.45, 7) is 3.35. The van der Waals surface area contributed by atoms with Gasteiger partial charge in [0, 0.05) is 9.37 Å². The number of halogens is 1. The van der Waals surface area contributed by atoms with Gasteiger partial charge in [0.15, 0.2) is 0 Å². The highest BCUT2D eigenvalue weighted by atomic mass is 79.9. The third-order valence-electron chi connectivity index (χ3n) is 2.28. The molecule has 6 heteroatoms. The van der Waals surface area contributed by atoms with Crippen molar-refractivity contribution < 1.29 is 9.59 Å². The minimum absolute atomic E-state index is 0.200. The number of amides is 2. The summed E-state index contributed by atoms with van der Waals surface area (Å²) in [5, 5.41) is 2.28. The van der Waals surface area contributed by atoms with Gasteiger partial charge < -0.3 is 11.1 Å². The molecule has 1 rings (SSSR count). The number of carbonyl (C=O) groups excluding carboxylic acids is 2. The third kappa shape index (κ3) is 4.70. The van der Waals surface area contributed by atoms with E-state index in [9.17, 15) is 9.59 Å². The molecule has 0 saturated heterocycles. The molecule has 0 aliphatic carbocycles. The second kappa shape index (κ2) is 6.80. The van der Waals surface area contributed by atoms with Crippen LogP contribution in [0.25, 0.3) is 0 Å². The van der Waals surface area contributed by atoms with Gasteiger partial charge in [0.1, 0.15) is 6.04 Å². The molecule has 0 heterocycles. The van der Waals surface area contributed by atoms with Crippen molar-refractivity contribution in [2.75, 3.05) is 0 Å². The number of nitrogens with one attached hydrogen (secondary N) is 1. The maximum absolute atomic E-state index is 11.8. The third-order valence-corrected chi connectivity index (χ3v) is 3.92. The van der Waals surface area contributed by atoms with Crippen molar-refractivity contribution in [3.05, 3.63) is 28.7 Å². The fraction of sp³-hybridized carbons (Fsp3) is 0.333. The zero-order valence-electron chi connectivity index (χ0n) is 10.1. The monoisotopic (exact) mass is 330 g/mol. The Labute approximate surface area is 119 Å². The molecule has 1 aromatic rings. The van der Waals surface area contributed by atoms with Crippen molar-refractivity contribution >= 4 is 39.5 Å². The summed E-state index contributed by atoms with van der Waals surface area (Å²) in [7, 11) is 0. The SMILES string of the molecule is C[C@@H](NC(=O)[C@@H](C)Sc1ccc(Br)cc1)C(N)=O. The Morgan fingerprint density at radius 1 is 1.28 bits per heavy atom. The molecule has 3 N–H and O–H groups in total. The van der Waals surface area contributed by atoms with Crippen LogP contribution in [-0.4, -0.2) is 23.1 Å². The Morgan fingerprint density at radius 2 is 1.83 bits per heavy atom. The predicted octanol–water partition coefficient (Wildman–Crippen LogP) is 1.92. The van der Waals surface area contributed by atoms with E-state index in [2.05, 4.69) is 21.2 Å². The molecule has 0 bridgehead atoms. The molecule has 18 heavy (non-hydrogen) atoms. The molecule has 4 nitrogen and oxygen atoms in total. The standard InChI is InChI=1S/C12H15BrN2O2S/c1-7(11(14)16)15-12(17)8(2)18-10-5-3-9(13)4-6-10/h3-8H,1-2H3,(H2,14,16)(H,15,17)/t7-,8-/m1/s1. The lowest BCUT2D eigenvalue weighted by Crippen LogP contribution is -2.44. The molecule has 0 radical (unpaired) electrons. The number of thioether (sulfide) groups is 1. The van der Waals surface area contributed by atoms with Crippen LogP contribution in [0.4, 0.5) is 0 Å². The fourth-order valence-corrected chi connectivity index (χ4v) is 2.31. The Bertz CT molecular complexity index is 436. The summed E-state index contributed by atoms with van der Waals surface area (Å²) in [5.41, 5.74) is 5.09. The average molecular weight is 331 g/mol. The molecule has 0 fully saturated rings. The largest absolute Gasteiger partial charge is 0.368 e. The van der Waals surface area contributed by atoms with E-state index in [0.29, 0.717) is 0 Å². The van der Waals surface area contributed by atoms with Crippen LogP contribution in [0.15, 0.2) is 33.6 Å². The van der Waals surface area contributed by atoms with E-state index in [1.54, 1.807) is 13.8 Å². The van der Waals surface area contributed by atoms with E-state index >= 15 is 0 Å². The van der Waals surface area contributed by atoms with Crippen LogP contribution >= 0.6 is 27.7 Å². The maximum atomic E-state index is 11.8. The zero-order valence-corrected chi connectivity index (χ0v) is 12.5. The first-order valence-corrected chi connectivity index (χ1v) is 7.09. The van der Waals surface area contributed by atoms with Crippen molar-refractivity contribution in [1.82, 2.24) is 5.32 Å². The van der Waals surface area contributed by atoms with E-state index < -0.39 is 11.9 Å². The lowest BCUT2D eigenvalue weighted by atomic mass is 10.3. The van der Waals surface area contributed by atoms with Gasteiger partial charge in [0.05, 0.1) is 5.25 Å². The normalized spacial score (nSPS) is 13.7. The van der Waals surface area contributed by atoms with Crippen LogP contribution in [0.5, 0.6) is 0 Å². The Hall–Kier alpha value is -1.01. The molecule has 0 spiro atoms. The summed E-state index contributed by atoms with van der Waals surface area (Å²) in [5.74, 6) is -0.738. The van der Waals surface area contributed by atoms with E-state index in [1.165, 1.54) is 11.8 Å². The van der Waals surface area contributed by atoms with E-state index in [-0.39, 0.29) is 11.2 Å². The topological polar surface area (TPSA) is 72.2 Å². The molecule has 0 aliphatic heterocycles. The lowest BCUT2D eigenvalue weighted by molar-refractivity contribution is -0.126. The smallest absolute Gasteiger partial charge is 0.239 e. The van der Waals surface area contributed by atoms with Crippen molar-refractivity contribution in [1.29, 1.82) is 0 Å². The van der Waals surface area contributed by atoms with Crippen molar-refractivity contribution in [3.63, 3.8) is 0 Å². The molecule has 98 valence electrons. The van der Waals surface area contributed by atoms with E-state index in [4.69, 9.17) is 5.73 Å². The highest BCUT2D eigenvalue weighted by molar-refractivity contribution is 9.10. The molecular weight excluding hydrogens is 316 g/mol. The van der Waals surface area contributed by atoms with Crippen LogP contribution in [-0.2, 0) is 9.59 Å². The van der Waals surface area contributed by atoms with Gasteiger partial charge >= 0.3 is 0 Å². The van der Waals surface area contributed by atoms with Crippen LogP contribution < -0.4 is 11.1 Å². The summed E-state index contributed by atoms with van der Waals surface area (Å²) in [6, 6.07) is 7.04. The van der Waals surface area contributed by atoms with E-state index in [1.807, 2.05) is 24.3 Å². The van der Waals surface area contributed by atoms with Crippen LogP contribution in [0.2, 0.25) is 0 Å². The zero-order chi connectivity index (χ0) is 13.7. The first-order valence-electron chi connectivity index (χ1n) is 5.42. The first kappa shape index (κ1) is 15.0. The van der Waals surface area contributed by atoms with Crippen molar-refractivity contribution in [2.24, 2.45) is 5.73 Å². The summed E-state index contributed by atoms with van der Waals surface area (Å²) in [4.78, 5) is 23.6. The second-order valence-electron chi connectivity index (χ2n) is 3.85. The number of carbonyl (C=O) groups is 2. The van der Waals surface area contributed by atoms with Crippen molar-refractivity contribution in [3.8, 4) is 0 Å². The van der Waals surface area contributed by atoms with Gasteiger partial charge in [-0.25, -0.2) is 0 Å². The van der Waals surface area contributed by atoms with Gasteiger partial charge in [-0.05, 0) is 38.1 Å². The van der Waals surface area contributed by atoms with Gasteiger partial charge in [-0.2, -0.15) is 0 Å². The molecule has 0 saturated carbocycles. The van der Waals surface area contributed by atoms with Gasteiger partial charge in [-0.15, -0.1) is 11.8 Å². The Morgan fingerprint density at radius 3 is 2.33 bits per heavy atom. The fourth-order valence-electron chi connectivity index (χ4n) is 1.17. The molecule has 0 unspecified atom stereocenters. The van der Waals surface area contributed by atoms with Gasteiger partial charge in [-0.3, -0.25) is 9.59 Å².